The van der Waals surface area contributed by atoms with Gasteiger partial charge in [-0.1, -0.05) is 0 Å². The average Bonchev–Trinajstić information content (AvgIpc) is 3.14. The molecule has 1 aromatic carbocycles. The minimum atomic E-state index is -0.533. The number of ether oxygens (including phenoxy) is 1. The first-order valence-electron chi connectivity index (χ1n) is 10.8. The molecular weight excluding hydrogens is 489 g/mol. The van der Waals surface area contributed by atoms with E-state index in [4.69, 9.17) is 4.74 Å². The molecule has 1 aliphatic rings. The van der Waals surface area contributed by atoms with Gasteiger partial charge in [0, 0.05) is 55.5 Å². The van der Waals surface area contributed by atoms with Crippen LogP contribution in [0.1, 0.15) is 27.7 Å². The average molecular weight is 516 g/mol. The maximum Gasteiger partial charge on any atom is 0.410 e. The third kappa shape index (κ3) is 5.19. The summed E-state index contributed by atoms with van der Waals surface area (Å²) in [6.45, 7) is 9.21. The maximum atomic E-state index is 15.2. The van der Waals surface area contributed by atoms with Crippen LogP contribution in [0.2, 0.25) is 0 Å². The molecule has 1 aliphatic heterocycles. The first-order chi connectivity index (χ1) is 15.6. The highest BCUT2D eigenvalue weighted by Gasteiger charge is 2.30. The van der Waals surface area contributed by atoms with E-state index in [-0.39, 0.29) is 18.0 Å². The summed E-state index contributed by atoms with van der Waals surface area (Å²) in [6.07, 6.45) is 4.82. The van der Waals surface area contributed by atoms with Crippen molar-refractivity contribution in [3.05, 3.63) is 59.2 Å². The van der Waals surface area contributed by atoms with Crippen LogP contribution >= 0.6 is 15.9 Å². The van der Waals surface area contributed by atoms with Gasteiger partial charge in [-0.15, -0.1) is 0 Å². The number of amides is 1. The largest absolute Gasteiger partial charge is 0.444 e. The molecular formula is C24H27BrFN5O2. The number of hydrogen-bond acceptors (Lipinski definition) is 5. The number of piperazine rings is 1. The van der Waals surface area contributed by atoms with Crippen LogP contribution in [0.15, 0.2) is 53.4 Å². The highest BCUT2D eigenvalue weighted by Crippen LogP contribution is 2.30. The van der Waals surface area contributed by atoms with Gasteiger partial charge in [-0.05, 0) is 74.0 Å². The Bertz CT molecular complexity index is 1150. The summed E-state index contributed by atoms with van der Waals surface area (Å²) in [5, 5.41) is 4.56. The van der Waals surface area contributed by atoms with Gasteiger partial charge in [0.1, 0.15) is 17.0 Å². The number of rotatable bonds is 3. The lowest BCUT2D eigenvalue weighted by Crippen LogP contribution is -2.54. The van der Waals surface area contributed by atoms with Crippen molar-refractivity contribution in [1.29, 1.82) is 0 Å². The molecule has 1 saturated heterocycles. The van der Waals surface area contributed by atoms with E-state index in [1.54, 1.807) is 29.6 Å². The summed E-state index contributed by atoms with van der Waals surface area (Å²) in [4.78, 5) is 20.2. The van der Waals surface area contributed by atoms with Crippen molar-refractivity contribution < 1.29 is 13.9 Å². The normalized spacial score (nSPS) is 16.7. The van der Waals surface area contributed by atoms with E-state index in [2.05, 4.69) is 30.9 Å². The Morgan fingerprint density at radius 2 is 1.91 bits per heavy atom. The Hall–Kier alpha value is -2.94. The van der Waals surface area contributed by atoms with Crippen LogP contribution in [-0.2, 0) is 4.74 Å². The van der Waals surface area contributed by atoms with Crippen LogP contribution < -0.4 is 4.90 Å². The first-order valence-corrected chi connectivity index (χ1v) is 11.6. The quantitative estimate of drug-likeness (QED) is 0.474. The van der Waals surface area contributed by atoms with E-state index in [1.807, 2.05) is 45.9 Å². The molecule has 2 aromatic heterocycles. The zero-order valence-corrected chi connectivity index (χ0v) is 20.7. The second kappa shape index (κ2) is 9.13. The first kappa shape index (κ1) is 23.2. The lowest BCUT2D eigenvalue weighted by molar-refractivity contribution is 0.0218. The highest BCUT2D eigenvalue weighted by atomic mass is 79.9. The van der Waals surface area contributed by atoms with Crippen LogP contribution in [0.5, 0.6) is 0 Å². The predicted molar refractivity (Wildman–Crippen MR) is 129 cm³/mol. The number of carbonyl (C=O) groups is 1. The summed E-state index contributed by atoms with van der Waals surface area (Å²) >= 11 is 3.52. The summed E-state index contributed by atoms with van der Waals surface area (Å²) in [6, 6.07) is 8.88. The molecule has 0 bridgehead atoms. The van der Waals surface area contributed by atoms with Crippen LogP contribution in [0.3, 0.4) is 0 Å². The minimum Gasteiger partial charge on any atom is -0.444 e. The van der Waals surface area contributed by atoms with Gasteiger partial charge in [-0.3, -0.25) is 4.98 Å². The van der Waals surface area contributed by atoms with Crippen LogP contribution in [0.25, 0.3) is 16.9 Å². The Kier molecular flexibility index (Phi) is 6.43. The van der Waals surface area contributed by atoms with Crippen LogP contribution in [0, 0.1) is 5.82 Å². The predicted octanol–water partition coefficient (Wildman–Crippen LogP) is 5.28. The zero-order chi connectivity index (χ0) is 23.8. The molecule has 3 heterocycles. The number of pyridine rings is 1. The van der Waals surface area contributed by atoms with Crippen molar-refractivity contribution in [2.45, 2.75) is 39.3 Å². The molecule has 0 spiro atoms. The number of benzene rings is 1. The molecule has 4 rings (SSSR count). The minimum absolute atomic E-state index is 0.0219. The molecule has 0 unspecified atom stereocenters. The molecule has 1 atom stereocenters. The molecule has 1 fully saturated rings. The molecule has 7 nitrogen and oxygen atoms in total. The van der Waals surface area contributed by atoms with Crippen molar-refractivity contribution in [2.75, 3.05) is 24.5 Å². The standard InChI is InChI=1S/C24H27BrFN5O2/c1-16-14-29(23(32)33-24(2,3)4)11-12-30(16)18-5-6-21(20(26)13-18)31-15-19(25)22(28-31)17-7-9-27-10-8-17/h5-10,13,15-16H,11-12,14H2,1-4H3/t16-/m0/s1. The van der Waals surface area contributed by atoms with Gasteiger partial charge in [-0.2, -0.15) is 5.10 Å². The Morgan fingerprint density at radius 1 is 1.18 bits per heavy atom. The number of hydrogen-bond donors (Lipinski definition) is 0. The third-order valence-corrected chi connectivity index (χ3v) is 5.99. The number of carbonyl (C=O) groups excluding carboxylic acids is 1. The van der Waals surface area contributed by atoms with Crippen LogP contribution in [0.4, 0.5) is 14.9 Å². The monoisotopic (exact) mass is 515 g/mol. The van der Waals surface area contributed by atoms with Gasteiger partial charge in [0.25, 0.3) is 0 Å². The number of anilines is 1. The van der Waals surface area contributed by atoms with Crippen molar-refractivity contribution in [1.82, 2.24) is 19.7 Å². The summed E-state index contributed by atoms with van der Waals surface area (Å²) in [5.41, 5.74) is 2.21. The molecule has 0 N–H and O–H groups in total. The summed E-state index contributed by atoms with van der Waals surface area (Å²) in [5.74, 6) is -0.370. The molecule has 0 aliphatic carbocycles. The Balaban J connectivity index is 1.50. The van der Waals surface area contributed by atoms with Gasteiger partial charge in [0.15, 0.2) is 5.82 Å². The zero-order valence-electron chi connectivity index (χ0n) is 19.1. The maximum absolute atomic E-state index is 15.2. The second-order valence-corrected chi connectivity index (χ2v) is 9.96. The van der Waals surface area contributed by atoms with E-state index < -0.39 is 5.60 Å². The summed E-state index contributed by atoms with van der Waals surface area (Å²) in [7, 11) is 0. The van der Waals surface area contributed by atoms with E-state index >= 15 is 4.39 Å². The van der Waals surface area contributed by atoms with Crippen LogP contribution in [-0.4, -0.2) is 57.0 Å². The van der Waals surface area contributed by atoms with E-state index in [9.17, 15) is 4.79 Å². The van der Waals surface area contributed by atoms with Crippen molar-refractivity contribution in [2.24, 2.45) is 0 Å². The van der Waals surface area contributed by atoms with Crippen molar-refractivity contribution in [3.63, 3.8) is 0 Å². The van der Waals surface area contributed by atoms with E-state index in [0.717, 1.165) is 15.7 Å². The molecule has 9 heteroatoms. The van der Waals surface area contributed by atoms with Gasteiger partial charge in [-0.25, -0.2) is 13.9 Å². The van der Waals surface area contributed by atoms with Crippen molar-refractivity contribution in [3.8, 4) is 16.9 Å². The number of aromatic nitrogens is 3. The lowest BCUT2D eigenvalue weighted by Gasteiger charge is -2.41. The third-order valence-electron chi connectivity index (χ3n) is 5.41. The molecule has 0 radical (unpaired) electrons. The van der Waals surface area contributed by atoms with Gasteiger partial charge >= 0.3 is 6.09 Å². The van der Waals surface area contributed by atoms with Gasteiger partial charge in [0.2, 0.25) is 0 Å². The molecule has 33 heavy (non-hydrogen) atoms. The lowest BCUT2D eigenvalue weighted by atomic mass is 10.1. The number of nitrogens with zero attached hydrogens (tertiary/aromatic N) is 5. The topological polar surface area (TPSA) is 63.5 Å². The molecule has 174 valence electrons. The Labute approximate surface area is 201 Å². The second-order valence-electron chi connectivity index (χ2n) is 9.11. The number of halogens is 2. The SMILES string of the molecule is C[C@H]1CN(C(=O)OC(C)(C)C)CCN1c1ccc(-n2cc(Br)c(-c3ccncc3)n2)c(F)c1. The van der Waals surface area contributed by atoms with E-state index in [0.29, 0.717) is 31.0 Å². The highest BCUT2D eigenvalue weighted by molar-refractivity contribution is 9.10. The van der Waals surface area contributed by atoms with Gasteiger partial charge in [0.05, 0.1) is 4.47 Å². The van der Waals surface area contributed by atoms with E-state index in [1.165, 1.54) is 10.7 Å². The molecule has 1 amide bonds. The Morgan fingerprint density at radius 3 is 2.55 bits per heavy atom. The fraction of sp³-hybridized carbons (Fsp3) is 0.375. The molecule has 3 aromatic rings. The smallest absolute Gasteiger partial charge is 0.410 e. The summed E-state index contributed by atoms with van der Waals surface area (Å²) < 4.78 is 22.9. The fourth-order valence-electron chi connectivity index (χ4n) is 3.88. The fourth-order valence-corrected chi connectivity index (χ4v) is 4.38. The van der Waals surface area contributed by atoms with Gasteiger partial charge < -0.3 is 14.5 Å². The van der Waals surface area contributed by atoms with Crippen molar-refractivity contribution >= 4 is 27.7 Å². The molecule has 0 saturated carbocycles.